The number of hydrogen-bond donors (Lipinski definition) is 1. The van der Waals surface area contributed by atoms with E-state index in [1.54, 1.807) is 36.4 Å². The first-order valence-corrected chi connectivity index (χ1v) is 10.1. The molecule has 0 heterocycles. The predicted molar refractivity (Wildman–Crippen MR) is 102 cm³/mol. The molecule has 0 radical (unpaired) electrons. The number of nitrogens with two attached hydrogens (primary N) is 1. The monoisotopic (exact) mass is 393 g/mol. The minimum absolute atomic E-state index is 0.0835. The van der Waals surface area contributed by atoms with Gasteiger partial charge in [0.25, 0.3) is 0 Å². The highest BCUT2D eigenvalue weighted by atomic mass is 32.2. The summed E-state index contributed by atoms with van der Waals surface area (Å²) in [5.41, 5.74) is 6.61. The number of halogens is 1. The van der Waals surface area contributed by atoms with E-state index in [9.17, 15) is 12.8 Å². The Morgan fingerprint density at radius 1 is 1.19 bits per heavy atom. The van der Waals surface area contributed by atoms with E-state index in [4.69, 9.17) is 22.7 Å². The second-order valence-corrected chi connectivity index (χ2v) is 9.15. The van der Waals surface area contributed by atoms with Crippen molar-refractivity contribution in [2.75, 3.05) is 13.7 Å². The van der Waals surface area contributed by atoms with E-state index in [0.29, 0.717) is 5.56 Å². The van der Waals surface area contributed by atoms with Crippen LogP contribution in [0.5, 0.6) is 0 Å². The molecule has 0 unspecified atom stereocenters. The van der Waals surface area contributed by atoms with Gasteiger partial charge in [-0.3, -0.25) is 0 Å². The third-order valence-electron chi connectivity index (χ3n) is 5.01. The zero-order valence-electron chi connectivity index (χ0n) is 14.5. The first-order chi connectivity index (χ1) is 12.2. The molecule has 3 atom stereocenters. The van der Waals surface area contributed by atoms with Crippen molar-refractivity contribution in [1.82, 2.24) is 0 Å². The highest BCUT2D eigenvalue weighted by Crippen LogP contribution is 2.64. The molecule has 0 aliphatic heterocycles. The summed E-state index contributed by atoms with van der Waals surface area (Å²) in [5.74, 6) is -0.869. The molecule has 1 aliphatic carbocycles. The third-order valence-corrected chi connectivity index (χ3v) is 7.68. The fraction of sp³-hybridized carbons (Fsp3) is 0.316. The van der Waals surface area contributed by atoms with Gasteiger partial charge in [-0.2, -0.15) is 0 Å². The molecule has 1 saturated carbocycles. The normalized spacial score (nSPS) is 25.0. The van der Waals surface area contributed by atoms with Gasteiger partial charge in [-0.25, -0.2) is 12.8 Å². The lowest BCUT2D eigenvalue weighted by atomic mass is 10.00. The first-order valence-electron chi connectivity index (χ1n) is 8.10. The van der Waals surface area contributed by atoms with Crippen LogP contribution in [0.1, 0.15) is 17.0 Å². The molecule has 0 saturated heterocycles. The number of rotatable bonds is 6. The summed E-state index contributed by atoms with van der Waals surface area (Å²) in [5, 5.41) is -0.847. The van der Waals surface area contributed by atoms with E-state index >= 15 is 0 Å². The minimum Gasteiger partial charge on any atom is -0.393 e. The molecule has 0 spiro atoms. The maximum absolute atomic E-state index is 13.3. The molecule has 7 heteroatoms. The Bertz CT molecular complexity index is 926. The van der Waals surface area contributed by atoms with Gasteiger partial charge in [0.15, 0.2) is 9.84 Å². The Morgan fingerprint density at radius 3 is 2.27 bits per heavy atom. The van der Waals surface area contributed by atoms with Gasteiger partial charge < -0.3 is 10.5 Å². The van der Waals surface area contributed by atoms with Gasteiger partial charge in [0.2, 0.25) is 0 Å². The molecule has 2 aromatic carbocycles. The largest absolute Gasteiger partial charge is 0.393 e. The Morgan fingerprint density at radius 2 is 1.77 bits per heavy atom. The SMILES string of the molecule is COC[C@@]1(C(N)=S)[C@H](c2ccc(F)cc2)[C@@H]1S(=O)(=O)c1ccc(C)cc1. The maximum Gasteiger partial charge on any atom is 0.182 e. The highest BCUT2D eigenvalue weighted by molar-refractivity contribution is 7.92. The highest BCUT2D eigenvalue weighted by Gasteiger charge is 2.73. The van der Waals surface area contributed by atoms with Crippen molar-refractivity contribution in [3.63, 3.8) is 0 Å². The fourth-order valence-corrected chi connectivity index (χ4v) is 6.42. The van der Waals surface area contributed by atoms with Gasteiger partial charge >= 0.3 is 0 Å². The Labute approximate surface area is 158 Å². The first kappa shape index (κ1) is 18.9. The molecule has 3 rings (SSSR count). The number of thiocarbonyl (C=S) groups is 1. The van der Waals surface area contributed by atoms with Gasteiger partial charge in [-0.15, -0.1) is 0 Å². The van der Waals surface area contributed by atoms with Crippen molar-refractivity contribution in [3.05, 3.63) is 65.5 Å². The fourth-order valence-electron chi connectivity index (χ4n) is 3.65. The molecular formula is C19H20FNO3S2. The zero-order chi connectivity index (χ0) is 19.1. The average Bonchev–Trinajstić information content (AvgIpc) is 3.27. The van der Waals surface area contributed by atoms with E-state index in [1.165, 1.54) is 19.2 Å². The topological polar surface area (TPSA) is 69.4 Å². The van der Waals surface area contributed by atoms with Crippen molar-refractivity contribution >= 4 is 27.0 Å². The van der Waals surface area contributed by atoms with Crippen LogP contribution in [0.2, 0.25) is 0 Å². The lowest BCUT2D eigenvalue weighted by Crippen LogP contribution is -2.33. The second-order valence-electron chi connectivity index (χ2n) is 6.65. The van der Waals surface area contributed by atoms with Crippen LogP contribution in [-0.4, -0.2) is 32.4 Å². The molecular weight excluding hydrogens is 373 g/mol. The molecule has 1 aliphatic rings. The van der Waals surface area contributed by atoms with Crippen LogP contribution in [0.15, 0.2) is 53.4 Å². The van der Waals surface area contributed by atoms with Gasteiger partial charge in [0.05, 0.1) is 27.2 Å². The predicted octanol–water partition coefficient (Wildman–Crippen LogP) is 2.99. The molecule has 0 bridgehead atoms. The van der Waals surface area contributed by atoms with E-state index in [2.05, 4.69) is 0 Å². The van der Waals surface area contributed by atoms with Crippen molar-refractivity contribution < 1.29 is 17.5 Å². The quantitative estimate of drug-likeness (QED) is 0.764. The minimum atomic E-state index is -3.71. The van der Waals surface area contributed by atoms with E-state index in [0.717, 1.165) is 5.56 Å². The van der Waals surface area contributed by atoms with Crippen LogP contribution in [0.25, 0.3) is 0 Å². The summed E-state index contributed by atoms with van der Waals surface area (Å²) >= 11 is 5.24. The zero-order valence-corrected chi connectivity index (χ0v) is 16.1. The van der Waals surface area contributed by atoms with Crippen LogP contribution >= 0.6 is 12.2 Å². The second kappa shape index (κ2) is 6.72. The smallest absolute Gasteiger partial charge is 0.182 e. The number of methoxy groups -OCH3 is 1. The third kappa shape index (κ3) is 2.94. The Balaban J connectivity index is 2.11. The summed E-state index contributed by atoms with van der Waals surface area (Å²) in [4.78, 5) is 0.309. The standard InChI is InChI=1S/C19H20FNO3S2/c1-12-3-9-15(10-4-12)26(22,23)17-16(13-5-7-14(20)8-6-13)19(17,11-24-2)18(21)25/h3-10,16-17H,11H2,1-2H3,(H2,21,25)/t16-,17+,19-/m1/s1. The summed E-state index contributed by atoms with van der Waals surface area (Å²) in [6.07, 6.45) is 0. The summed E-state index contributed by atoms with van der Waals surface area (Å²) < 4.78 is 45.2. The number of hydrogen-bond acceptors (Lipinski definition) is 4. The van der Waals surface area contributed by atoms with E-state index in [-0.39, 0.29) is 22.3 Å². The molecule has 1 fully saturated rings. The van der Waals surface area contributed by atoms with Gasteiger partial charge in [0, 0.05) is 13.0 Å². The van der Waals surface area contributed by atoms with Crippen LogP contribution in [0.3, 0.4) is 0 Å². The van der Waals surface area contributed by atoms with Crippen molar-refractivity contribution in [2.45, 2.75) is 23.0 Å². The van der Waals surface area contributed by atoms with Crippen LogP contribution in [0.4, 0.5) is 4.39 Å². The van der Waals surface area contributed by atoms with Gasteiger partial charge in [-0.05, 0) is 36.8 Å². The van der Waals surface area contributed by atoms with Crippen LogP contribution < -0.4 is 5.73 Å². The summed E-state index contributed by atoms with van der Waals surface area (Å²) in [6.45, 7) is 1.97. The lowest BCUT2D eigenvalue weighted by molar-refractivity contribution is 0.166. The Hall–Kier alpha value is -1.83. The van der Waals surface area contributed by atoms with Crippen LogP contribution in [-0.2, 0) is 14.6 Å². The van der Waals surface area contributed by atoms with Gasteiger partial charge in [0.1, 0.15) is 5.82 Å². The number of benzene rings is 2. The maximum atomic E-state index is 13.3. The molecule has 2 N–H and O–H groups in total. The molecule has 138 valence electrons. The van der Waals surface area contributed by atoms with Gasteiger partial charge in [-0.1, -0.05) is 42.0 Å². The van der Waals surface area contributed by atoms with Crippen LogP contribution in [0, 0.1) is 18.2 Å². The number of ether oxygens (including phenoxy) is 1. The molecule has 0 amide bonds. The van der Waals surface area contributed by atoms with Crippen molar-refractivity contribution in [3.8, 4) is 0 Å². The molecule has 2 aromatic rings. The van der Waals surface area contributed by atoms with Crippen molar-refractivity contribution in [1.29, 1.82) is 0 Å². The average molecular weight is 394 g/mol. The Kier molecular flexibility index (Phi) is 4.90. The molecule has 26 heavy (non-hydrogen) atoms. The number of sulfone groups is 1. The molecule has 0 aromatic heterocycles. The number of aryl methyl sites for hydroxylation is 1. The summed E-state index contributed by atoms with van der Waals surface area (Å²) in [6, 6.07) is 12.4. The summed E-state index contributed by atoms with van der Waals surface area (Å²) in [7, 11) is -2.22. The van der Waals surface area contributed by atoms with E-state index < -0.39 is 26.4 Å². The van der Waals surface area contributed by atoms with E-state index in [1.807, 2.05) is 6.92 Å². The lowest BCUT2D eigenvalue weighted by Gasteiger charge is -2.16. The van der Waals surface area contributed by atoms with Crippen molar-refractivity contribution in [2.24, 2.45) is 11.1 Å². The molecule has 4 nitrogen and oxygen atoms in total.